The van der Waals surface area contributed by atoms with E-state index in [0.717, 1.165) is 18.4 Å². The van der Waals surface area contributed by atoms with Gasteiger partial charge in [-0.25, -0.2) is 4.79 Å². The Kier molecular flexibility index (Phi) is 4.89. The largest absolute Gasteiger partial charge is 0.481 e. The van der Waals surface area contributed by atoms with Gasteiger partial charge in [0.1, 0.15) is 0 Å². The number of nitrogens with zero attached hydrogens (tertiary/aromatic N) is 1. The van der Waals surface area contributed by atoms with Gasteiger partial charge in [0.2, 0.25) is 0 Å². The first kappa shape index (κ1) is 15.1. The molecule has 0 radical (unpaired) electrons. The molecule has 2 bridgehead atoms. The van der Waals surface area contributed by atoms with Crippen LogP contribution in [-0.2, 0) is 4.79 Å². The van der Waals surface area contributed by atoms with Crippen LogP contribution in [0.15, 0.2) is 0 Å². The molecule has 2 saturated carbocycles. The number of aliphatic carboxylic acids is 1. The van der Waals surface area contributed by atoms with E-state index in [1.165, 1.54) is 25.7 Å². The second-order valence-corrected chi connectivity index (χ2v) is 6.40. The van der Waals surface area contributed by atoms with Gasteiger partial charge in [0, 0.05) is 19.6 Å². The normalized spacial score (nSPS) is 29.2. The summed E-state index contributed by atoms with van der Waals surface area (Å²) in [5, 5.41) is 11.9. The summed E-state index contributed by atoms with van der Waals surface area (Å²) in [6, 6.07) is -0.122. The standard InChI is InChI=1S/C15H26N2O3/c1-3-17(9-10(2)14(18)19)15(20)16-8-13-7-11-4-5-12(13)6-11/h10-13H,3-9H2,1-2H3,(H,16,20)(H,18,19). The topological polar surface area (TPSA) is 69.6 Å². The maximum atomic E-state index is 12.1. The summed E-state index contributed by atoms with van der Waals surface area (Å²) in [6.07, 6.45) is 5.28. The highest BCUT2D eigenvalue weighted by Crippen LogP contribution is 2.47. The summed E-state index contributed by atoms with van der Waals surface area (Å²) in [6.45, 7) is 5.08. The fraction of sp³-hybridized carbons (Fsp3) is 0.867. The van der Waals surface area contributed by atoms with Gasteiger partial charge in [0.25, 0.3) is 0 Å². The molecule has 0 saturated heterocycles. The lowest BCUT2D eigenvalue weighted by Crippen LogP contribution is -2.45. The average molecular weight is 282 g/mol. The van der Waals surface area contributed by atoms with Gasteiger partial charge in [0.15, 0.2) is 0 Å². The third-order valence-corrected chi connectivity index (χ3v) is 4.98. The van der Waals surface area contributed by atoms with Crippen LogP contribution in [0.5, 0.6) is 0 Å². The molecule has 0 aromatic rings. The number of fused-ring (bicyclic) bond motifs is 2. The van der Waals surface area contributed by atoms with Gasteiger partial charge >= 0.3 is 12.0 Å². The van der Waals surface area contributed by atoms with Crippen molar-refractivity contribution in [3.63, 3.8) is 0 Å². The molecule has 2 N–H and O–H groups in total. The predicted molar refractivity (Wildman–Crippen MR) is 76.4 cm³/mol. The number of carboxylic acids is 1. The lowest BCUT2D eigenvalue weighted by Gasteiger charge is -2.26. The Morgan fingerprint density at radius 3 is 2.60 bits per heavy atom. The summed E-state index contributed by atoms with van der Waals surface area (Å²) in [5.41, 5.74) is 0. The number of amides is 2. The molecule has 2 aliphatic carbocycles. The Hall–Kier alpha value is -1.26. The zero-order valence-corrected chi connectivity index (χ0v) is 12.5. The van der Waals surface area contributed by atoms with Crippen LogP contribution in [-0.4, -0.2) is 41.6 Å². The third-order valence-electron chi connectivity index (χ3n) is 4.98. The van der Waals surface area contributed by atoms with Gasteiger partial charge in [-0.2, -0.15) is 0 Å². The van der Waals surface area contributed by atoms with Crippen LogP contribution in [0.1, 0.15) is 39.5 Å². The average Bonchev–Trinajstić information content (AvgIpc) is 3.03. The summed E-state index contributed by atoms with van der Waals surface area (Å²) < 4.78 is 0. The number of urea groups is 1. The third kappa shape index (κ3) is 3.44. The fourth-order valence-electron chi connectivity index (χ4n) is 3.72. The van der Waals surface area contributed by atoms with Gasteiger partial charge < -0.3 is 15.3 Å². The fourth-order valence-corrected chi connectivity index (χ4v) is 3.72. The molecule has 5 nitrogen and oxygen atoms in total. The molecule has 4 unspecified atom stereocenters. The summed E-state index contributed by atoms with van der Waals surface area (Å²) in [5.74, 6) is 0.936. The van der Waals surface area contributed by atoms with E-state index in [1.54, 1.807) is 11.8 Å². The van der Waals surface area contributed by atoms with Gasteiger partial charge in [-0.3, -0.25) is 4.79 Å². The second kappa shape index (κ2) is 6.46. The van der Waals surface area contributed by atoms with Crippen molar-refractivity contribution in [2.24, 2.45) is 23.7 Å². The molecule has 0 spiro atoms. The lowest BCUT2D eigenvalue weighted by molar-refractivity contribution is -0.141. The summed E-state index contributed by atoms with van der Waals surface area (Å²) in [4.78, 5) is 24.6. The molecule has 0 heterocycles. The van der Waals surface area contributed by atoms with Crippen LogP contribution in [0.2, 0.25) is 0 Å². The van der Waals surface area contributed by atoms with E-state index >= 15 is 0 Å². The van der Waals surface area contributed by atoms with Crippen molar-refractivity contribution in [1.29, 1.82) is 0 Å². The van der Waals surface area contributed by atoms with Crippen molar-refractivity contribution >= 4 is 12.0 Å². The maximum absolute atomic E-state index is 12.1. The Labute approximate surface area is 120 Å². The predicted octanol–water partition coefficient (Wildman–Crippen LogP) is 2.17. The highest BCUT2D eigenvalue weighted by molar-refractivity contribution is 5.75. The van der Waals surface area contributed by atoms with Crippen LogP contribution in [0, 0.1) is 23.7 Å². The van der Waals surface area contributed by atoms with E-state index in [0.29, 0.717) is 12.5 Å². The van der Waals surface area contributed by atoms with E-state index < -0.39 is 11.9 Å². The van der Waals surface area contributed by atoms with Crippen molar-refractivity contribution in [3.05, 3.63) is 0 Å². The van der Waals surface area contributed by atoms with Crippen molar-refractivity contribution in [1.82, 2.24) is 10.2 Å². The molecule has 4 atom stereocenters. The number of carbonyl (C=O) groups is 2. The van der Waals surface area contributed by atoms with Crippen LogP contribution < -0.4 is 5.32 Å². The summed E-state index contributed by atoms with van der Waals surface area (Å²) >= 11 is 0. The molecule has 5 heteroatoms. The molecular formula is C15H26N2O3. The molecule has 0 aliphatic heterocycles. The second-order valence-electron chi connectivity index (χ2n) is 6.40. The minimum atomic E-state index is -0.857. The van der Waals surface area contributed by atoms with Crippen molar-refractivity contribution in [2.45, 2.75) is 39.5 Å². The van der Waals surface area contributed by atoms with E-state index in [9.17, 15) is 9.59 Å². The van der Waals surface area contributed by atoms with Gasteiger partial charge in [-0.05, 0) is 43.9 Å². The number of nitrogens with one attached hydrogen (secondary N) is 1. The summed E-state index contributed by atoms with van der Waals surface area (Å²) in [7, 11) is 0. The maximum Gasteiger partial charge on any atom is 0.317 e. The lowest BCUT2D eigenvalue weighted by atomic mass is 9.89. The van der Waals surface area contributed by atoms with Crippen LogP contribution in [0.4, 0.5) is 4.79 Å². The van der Waals surface area contributed by atoms with Crippen LogP contribution in [0.3, 0.4) is 0 Å². The Morgan fingerprint density at radius 1 is 1.35 bits per heavy atom. The minimum Gasteiger partial charge on any atom is -0.481 e. The molecule has 0 aromatic heterocycles. The van der Waals surface area contributed by atoms with Crippen molar-refractivity contribution < 1.29 is 14.7 Å². The zero-order chi connectivity index (χ0) is 14.7. The monoisotopic (exact) mass is 282 g/mol. The van der Waals surface area contributed by atoms with E-state index in [1.807, 2.05) is 6.92 Å². The first-order valence-corrected chi connectivity index (χ1v) is 7.76. The van der Waals surface area contributed by atoms with E-state index in [2.05, 4.69) is 5.32 Å². The first-order chi connectivity index (χ1) is 9.51. The molecule has 114 valence electrons. The molecule has 2 fully saturated rings. The van der Waals surface area contributed by atoms with E-state index in [4.69, 9.17) is 5.11 Å². The molecule has 2 rings (SSSR count). The van der Waals surface area contributed by atoms with E-state index in [-0.39, 0.29) is 12.6 Å². The molecular weight excluding hydrogens is 256 g/mol. The van der Waals surface area contributed by atoms with Crippen molar-refractivity contribution in [3.8, 4) is 0 Å². The highest BCUT2D eigenvalue weighted by Gasteiger charge is 2.39. The minimum absolute atomic E-state index is 0.122. The quantitative estimate of drug-likeness (QED) is 0.784. The van der Waals surface area contributed by atoms with Crippen LogP contribution >= 0.6 is 0 Å². The zero-order valence-electron chi connectivity index (χ0n) is 12.5. The number of carbonyl (C=O) groups excluding carboxylic acids is 1. The number of rotatable bonds is 6. The highest BCUT2D eigenvalue weighted by atomic mass is 16.4. The number of hydrogen-bond acceptors (Lipinski definition) is 2. The first-order valence-electron chi connectivity index (χ1n) is 7.76. The SMILES string of the molecule is CCN(CC(C)C(=O)O)C(=O)NCC1CC2CCC1C2. The van der Waals surface area contributed by atoms with Gasteiger partial charge in [-0.15, -0.1) is 0 Å². The molecule has 2 aliphatic rings. The number of carboxylic acid groups (broad SMARTS) is 1. The van der Waals surface area contributed by atoms with Crippen molar-refractivity contribution in [2.75, 3.05) is 19.6 Å². The molecule has 20 heavy (non-hydrogen) atoms. The van der Waals surface area contributed by atoms with Gasteiger partial charge in [-0.1, -0.05) is 13.3 Å². The van der Waals surface area contributed by atoms with Crippen LogP contribution in [0.25, 0.3) is 0 Å². The smallest absolute Gasteiger partial charge is 0.317 e. The Bertz CT molecular complexity index is 372. The Balaban J connectivity index is 1.76. The molecule has 2 amide bonds. The molecule has 0 aromatic carbocycles. The Morgan fingerprint density at radius 2 is 2.10 bits per heavy atom. The van der Waals surface area contributed by atoms with Gasteiger partial charge in [0.05, 0.1) is 5.92 Å². The number of hydrogen-bond donors (Lipinski definition) is 2.